The zero-order valence-corrected chi connectivity index (χ0v) is 23.2. The lowest BCUT2D eigenvalue weighted by Crippen LogP contribution is -2.47. The Morgan fingerprint density at radius 1 is 1.05 bits per heavy atom. The standard InChI is InChI=1S/C30H34FN3O4S/c1-20-10-9-15-25(32-20)33-29(39)34(17-16-22-13-7-8-14-23(22)31)18-24-26(35-19-21-11-5-4-6-12-21)27-28(36-24)38-30(2,3)37-27/h4-15,24,26-28H,16-19H2,1-3H3,(H,32,33,39)/t24-,26+,27-,28-/m1/s1. The highest BCUT2D eigenvalue weighted by Crippen LogP contribution is 2.39. The van der Waals surface area contributed by atoms with Gasteiger partial charge in [-0.3, -0.25) is 0 Å². The number of anilines is 1. The highest BCUT2D eigenvalue weighted by molar-refractivity contribution is 7.80. The molecule has 2 aliphatic heterocycles. The summed E-state index contributed by atoms with van der Waals surface area (Å²) in [6, 6.07) is 22.5. The summed E-state index contributed by atoms with van der Waals surface area (Å²) in [6.07, 6.45) is -1.27. The van der Waals surface area contributed by atoms with Gasteiger partial charge in [-0.1, -0.05) is 54.6 Å². The van der Waals surface area contributed by atoms with E-state index in [4.69, 9.17) is 31.2 Å². The number of hydrogen-bond acceptors (Lipinski definition) is 6. The summed E-state index contributed by atoms with van der Waals surface area (Å²) >= 11 is 5.82. The van der Waals surface area contributed by atoms with Gasteiger partial charge in [0.1, 0.15) is 29.9 Å². The lowest BCUT2D eigenvalue weighted by atomic mass is 10.1. The van der Waals surface area contributed by atoms with Crippen molar-refractivity contribution in [2.45, 2.75) is 64.2 Å². The monoisotopic (exact) mass is 551 g/mol. The lowest BCUT2D eigenvalue weighted by Gasteiger charge is -2.32. The van der Waals surface area contributed by atoms with Gasteiger partial charge in [0.05, 0.1) is 6.61 Å². The van der Waals surface area contributed by atoms with E-state index in [1.807, 2.05) is 80.3 Å². The smallest absolute Gasteiger partial charge is 0.190 e. The number of halogens is 1. The van der Waals surface area contributed by atoms with Gasteiger partial charge in [-0.25, -0.2) is 9.37 Å². The molecule has 39 heavy (non-hydrogen) atoms. The summed E-state index contributed by atoms with van der Waals surface area (Å²) in [4.78, 5) is 6.49. The second-order valence-corrected chi connectivity index (χ2v) is 10.7. The molecule has 0 saturated carbocycles. The Kier molecular flexibility index (Phi) is 8.54. The fourth-order valence-electron chi connectivity index (χ4n) is 4.91. The summed E-state index contributed by atoms with van der Waals surface area (Å²) in [7, 11) is 0. The number of aryl methyl sites for hydroxylation is 1. The molecule has 0 unspecified atom stereocenters. The summed E-state index contributed by atoms with van der Waals surface area (Å²) in [5.74, 6) is -0.366. The number of nitrogens with one attached hydrogen (secondary N) is 1. The van der Waals surface area contributed by atoms with Gasteiger partial charge in [-0.05, 0) is 68.7 Å². The van der Waals surface area contributed by atoms with Crippen LogP contribution in [0.2, 0.25) is 0 Å². The van der Waals surface area contributed by atoms with Gasteiger partial charge in [0.15, 0.2) is 17.2 Å². The quantitative estimate of drug-likeness (QED) is 0.363. The number of thiocarbonyl (C=S) groups is 1. The summed E-state index contributed by atoms with van der Waals surface area (Å²) in [5.41, 5.74) is 2.55. The second-order valence-electron chi connectivity index (χ2n) is 10.3. The Morgan fingerprint density at radius 2 is 1.82 bits per heavy atom. The minimum absolute atomic E-state index is 0.239. The van der Waals surface area contributed by atoms with Gasteiger partial charge in [-0.2, -0.15) is 0 Å². The van der Waals surface area contributed by atoms with Crippen molar-refractivity contribution >= 4 is 23.1 Å². The average Bonchev–Trinajstić information content (AvgIpc) is 3.37. The van der Waals surface area contributed by atoms with Gasteiger partial charge in [0.2, 0.25) is 0 Å². The number of rotatable bonds is 9. The van der Waals surface area contributed by atoms with Crippen LogP contribution in [0.5, 0.6) is 0 Å². The lowest BCUT2D eigenvalue weighted by molar-refractivity contribution is -0.219. The fourth-order valence-corrected chi connectivity index (χ4v) is 5.18. The van der Waals surface area contributed by atoms with E-state index in [9.17, 15) is 4.39 Å². The Morgan fingerprint density at radius 3 is 2.59 bits per heavy atom. The number of benzene rings is 2. The van der Waals surface area contributed by atoms with Crippen molar-refractivity contribution in [3.8, 4) is 0 Å². The van der Waals surface area contributed by atoms with E-state index in [0.717, 1.165) is 11.3 Å². The molecule has 0 radical (unpaired) electrons. The third kappa shape index (κ3) is 6.98. The number of aromatic nitrogens is 1. The average molecular weight is 552 g/mol. The van der Waals surface area contributed by atoms with E-state index in [0.29, 0.717) is 42.6 Å². The fraction of sp³-hybridized carbons (Fsp3) is 0.400. The highest BCUT2D eigenvalue weighted by Gasteiger charge is 2.55. The maximum absolute atomic E-state index is 14.4. The van der Waals surface area contributed by atoms with Crippen LogP contribution in [0, 0.1) is 12.7 Å². The van der Waals surface area contributed by atoms with Gasteiger partial charge in [0, 0.05) is 18.8 Å². The molecule has 3 aromatic rings. The van der Waals surface area contributed by atoms with Crippen LogP contribution in [0.25, 0.3) is 0 Å². The molecule has 1 N–H and O–H groups in total. The first-order chi connectivity index (χ1) is 18.8. The molecule has 206 valence electrons. The Balaban J connectivity index is 1.35. The van der Waals surface area contributed by atoms with E-state index < -0.39 is 24.3 Å². The molecule has 0 spiro atoms. The number of ether oxygens (including phenoxy) is 4. The van der Waals surface area contributed by atoms with Crippen molar-refractivity contribution in [3.05, 3.63) is 95.4 Å². The van der Waals surface area contributed by atoms with E-state index in [-0.39, 0.29) is 11.9 Å². The molecule has 3 heterocycles. The number of pyridine rings is 1. The first-order valence-corrected chi connectivity index (χ1v) is 13.6. The van der Waals surface area contributed by atoms with Crippen LogP contribution in [-0.4, -0.2) is 58.5 Å². The predicted molar refractivity (Wildman–Crippen MR) is 151 cm³/mol. The molecule has 5 rings (SSSR count). The first-order valence-electron chi connectivity index (χ1n) is 13.2. The molecule has 2 aromatic carbocycles. The van der Waals surface area contributed by atoms with Crippen LogP contribution in [0.1, 0.15) is 30.7 Å². The van der Waals surface area contributed by atoms with Crippen LogP contribution in [0.15, 0.2) is 72.8 Å². The van der Waals surface area contributed by atoms with Crippen molar-refractivity contribution in [1.29, 1.82) is 0 Å². The Labute approximate surface area is 234 Å². The summed E-state index contributed by atoms with van der Waals surface area (Å²) in [6.45, 7) is 6.92. The van der Waals surface area contributed by atoms with Gasteiger partial charge in [0.25, 0.3) is 0 Å². The number of nitrogens with zero attached hydrogens (tertiary/aromatic N) is 2. The maximum atomic E-state index is 14.4. The SMILES string of the molecule is Cc1cccc(NC(=S)N(CCc2ccccc2F)C[C@H]2O[C@@H]3OC(C)(C)O[C@@H]3[C@H]2OCc2ccccc2)n1. The van der Waals surface area contributed by atoms with E-state index >= 15 is 0 Å². The van der Waals surface area contributed by atoms with Crippen LogP contribution < -0.4 is 5.32 Å². The van der Waals surface area contributed by atoms with Crippen molar-refractivity contribution in [3.63, 3.8) is 0 Å². The largest absolute Gasteiger partial charge is 0.368 e. The molecular formula is C30H34FN3O4S. The molecule has 0 aliphatic carbocycles. The molecule has 0 amide bonds. The zero-order chi connectivity index (χ0) is 27.4. The molecule has 2 fully saturated rings. The molecule has 7 nitrogen and oxygen atoms in total. The number of hydrogen-bond donors (Lipinski definition) is 1. The molecule has 2 aliphatic rings. The van der Waals surface area contributed by atoms with Crippen molar-refractivity contribution in [2.24, 2.45) is 0 Å². The zero-order valence-electron chi connectivity index (χ0n) is 22.4. The predicted octanol–water partition coefficient (Wildman–Crippen LogP) is 5.23. The molecule has 2 saturated heterocycles. The Bertz CT molecular complexity index is 1280. The molecule has 9 heteroatoms. The number of fused-ring (bicyclic) bond motifs is 1. The van der Waals surface area contributed by atoms with Crippen molar-refractivity contribution in [1.82, 2.24) is 9.88 Å². The van der Waals surface area contributed by atoms with Crippen LogP contribution in [0.3, 0.4) is 0 Å². The van der Waals surface area contributed by atoms with Gasteiger partial charge >= 0.3 is 0 Å². The maximum Gasteiger partial charge on any atom is 0.190 e. The highest BCUT2D eigenvalue weighted by atomic mass is 32.1. The molecule has 1 aromatic heterocycles. The van der Waals surface area contributed by atoms with E-state index in [2.05, 4.69) is 10.3 Å². The minimum Gasteiger partial charge on any atom is -0.368 e. The van der Waals surface area contributed by atoms with Crippen LogP contribution in [-0.2, 0) is 32.0 Å². The minimum atomic E-state index is -0.771. The van der Waals surface area contributed by atoms with Gasteiger partial charge in [-0.15, -0.1) is 0 Å². The first kappa shape index (κ1) is 27.6. The molecule has 4 atom stereocenters. The third-order valence-electron chi connectivity index (χ3n) is 6.79. The van der Waals surface area contributed by atoms with Crippen LogP contribution >= 0.6 is 12.2 Å². The van der Waals surface area contributed by atoms with Crippen molar-refractivity contribution < 1.29 is 23.3 Å². The van der Waals surface area contributed by atoms with Crippen LogP contribution in [0.4, 0.5) is 10.2 Å². The topological polar surface area (TPSA) is 65.1 Å². The second kappa shape index (κ2) is 12.1. The van der Waals surface area contributed by atoms with Gasteiger partial charge < -0.3 is 29.2 Å². The third-order valence-corrected chi connectivity index (χ3v) is 7.15. The summed E-state index contributed by atoms with van der Waals surface area (Å²) in [5, 5.41) is 3.70. The van der Waals surface area contributed by atoms with E-state index in [1.165, 1.54) is 6.07 Å². The Hall–Kier alpha value is -2.95. The molecule has 0 bridgehead atoms. The summed E-state index contributed by atoms with van der Waals surface area (Å²) < 4.78 is 39.4. The van der Waals surface area contributed by atoms with Crippen molar-refractivity contribution in [2.75, 3.05) is 18.4 Å². The molecular weight excluding hydrogens is 517 g/mol. The van der Waals surface area contributed by atoms with E-state index in [1.54, 1.807) is 12.1 Å². The normalized spacial score (nSPS) is 23.4.